The first kappa shape index (κ1) is 21.4. The van der Waals surface area contributed by atoms with Gasteiger partial charge in [0, 0.05) is 46.4 Å². The van der Waals surface area contributed by atoms with E-state index in [4.69, 9.17) is 9.47 Å². The Bertz CT molecular complexity index is 587. The molecule has 0 amide bonds. The van der Waals surface area contributed by atoms with Gasteiger partial charge >= 0.3 is 0 Å². The largest absolute Gasteiger partial charge is 0.379 e. The molecule has 0 radical (unpaired) electrons. The van der Waals surface area contributed by atoms with Gasteiger partial charge in [-0.25, -0.2) is 4.39 Å². The molecule has 0 aromatic heterocycles. The van der Waals surface area contributed by atoms with E-state index in [0.717, 1.165) is 44.6 Å². The number of benzene rings is 1. The van der Waals surface area contributed by atoms with Crippen LogP contribution in [0.4, 0.5) is 10.1 Å². The summed E-state index contributed by atoms with van der Waals surface area (Å²) in [4.78, 5) is 6.21. The second-order valence-corrected chi connectivity index (χ2v) is 6.52. The van der Waals surface area contributed by atoms with E-state index in [0.29, 0.717) is 31.4 Å². The molecule has 7 heteroatoms. The van der Waals surface area contributed by atoms with E-state index in [-0.39, 0.29) is 11.9 Å². The van der Waals surface area contributed by atoms with Gasteiger partial charge in [0.2, 0.25) is 0 Å². The van der Waals surface area contributed by atoms with E-state index >= 15 is 0 Å². The van der Waals surface area contributed by atoms with E-state index in [2.05, 4.69) is 15.6 Å². The molecule has 1 aliphatic heterocycles. The molecule has 1 atom stereocenters. The van der Waals surface area contributed by atoms with Gasteiger partial charge in [0.25, 0.3) is 0 Å². The van der Waals surface area contributed by atoms with Crippen molar-refractivity contribution in [2.75, 3.05) is 51.4 Å². The van der Waals surface area contributed by atoms with Crippen LogP contribution in [0.25, 0.3) is 0 Å². The highest BCUT2D eigenvalue weighted by atomic mass is 19.1. The first-order valence-electron chi connectivity index (χ1n) is 9.85. The lowest BCUT2D eigenvalue weighted by Gasteiger charge is -2.22. The van der Waals surface area contributed by atoms with Crippen LogP contribution in [0.5, 0.6) is 0 Å². The van der Waals surface area contributed by atoms with Crippen molar-refractivity contribution in [3.63, 3.8) is 0 Å². The Morgan fingerprint density at radius 1 is 1.33 bits per heavy atom. The lowest BCUT2D eigenvalue weighted by Crippen LogP contribution is -2.37. The molecule has 1 aromatic carbocycles. The van der Waals surface area contributed by atoms with Crippen LogP contribution in [0, 0.1) is 5.82 Å². The summed E-state index contributed by atoms with van der Waals surface area (Å²) >= 11 is 0. The quantitative estimate of drug-likeness (QED) is 0.371. The standard InChI is InChI=1S/C20H33FN4O2/c1-4-25(5-2)19-8-7-16(13-18(19)21)14-24-20(22-3)23-10-6-11-27-17-9-12-26-15-17/h7-8,13,17H,4-6,9-12,14-15H2,1-3H3,(H2,22,23,24). The van der Waals surface area contributed by atoms with E-state index in [1.165, 1.54) is 0 Å². The van der Waals surface area contributed by atoms with Crippen LogP contribution in [0.2, 0.25) is 0 Å². The highest BCUT2D eigenvalue weighted by Crippen LogP contribution is 2.20. The number of nitrogens with zero attached hydrogens (tertiary/aromatic N) is 2. The van der Waals surface area contributed by atoms with Gasteiger partial charge < -0.3 is 25.0 Å². The number of hydrogen-bond donors (Lipinski definition) is 2. The molecule has 2 N–H and O–H groups in total. The van der Waals surface area contributed by atoms with Gasteiger partial charge in [-0.05, 0) is 44.4 Å². The molecule has 0 saturated carbocycles. The molecule has 1 heterocycles. The average molecular weight is 381 g/mol. The van der Waals surface area contributed by atoms with Crippen molar-refractivity contribution in [3.05, 3.63) is 29.6 Å². The van der Waals surface area contributed by atoms with Gasteiger partial charge in [-0.2, -0.15) is 0 Å². The summed E-state index contributed by atoms with van der Waals surface area (Å²) in [6.07, 6.45) is 2.13. The van der Waals surface area contributed by atoms with Crippen LogP contribution in [0.15, 0.2) is 23.2 Å². The average Bonchev–Trinajstić information content (AvgIpc) is 3.20. The van der Waals surface area contributed by atoms with Crippen LogP contribution in [-0.2, 0) is 16.0 Å². The summed E-state index contributed by atoms with van der Waals surface area (Å²) in [5, 5.41) is 6.47. The van der Waals surface area contributed by atoms with E-state index in [1.807, 2.05) is 30.9 Å². The zero-order valence-electron chi connectivity index (χ0n) is 16.8. The topological polar surface area (TPSA) is 58.1 Å². The molecular weight excluding hydrogens is 347 g/mol. The Morgan fingerprint density at radius 2 is 2.15 bits per heavy atom. The molecular formula is C20H33FN4O2. The highest BCUT2D eigenvalue weighted by Gasteiger charge is 2.15. The second-order valence-electron chi connectivity index (χ2n) is 6.52. The Balaban J connectivity index is 1.71. The van der Waals surface area contributed by atoms with Crippen LogP contribution >= 0.6 is 0 Å². The van der Waals surface area contributed by atoms with Crippen LogP contribution in [0.1, 0.15) is 32.3 Å². The first-order valence-corrected chi connectivity index (χ1v) is 9.85. The maximum atomic E-state index is 14.4. The lowest BCUT2D eigenvalue weighted by atomic mass is 10.2. The van der Waals surface area contributed by atoms with Gasteiger partial charge in [-0.3, -0.25) is 4.99 Å². The highest BCUT2D eigenvalue weighted by molar-refractivity contribution is 5.79. The molecule has 1 fully saturated rings. The smallest absolute Gasteiger partial charge is 0.191 e. The van der Waals surface area contributed by atoms with Crippen molar-refractivity contribution >= 4 is 11.6 Å². The van der Waals surface area contributed by atoms with E-state index in [9.17, 15) is 4.39 Å². The zero-order valence-corrected chi connectivity index (χ0v) is 16.8. The SMILES string of the molecule is CCN(CC)c1ccc(CNC(=NC)NCCCOC2CCOC2)cc1F. The Kier molecular flexibility index (Phi) is 9.35. The third-order valence-corrected chi connectivity index (χ3v) is 4.65. The van der Waals surface area contributed by atoms with Gasteiger partial charge in [-0.15, -0.1) is 0 Å². The molecule has 1 aromatic rings. The molecule has 2 rings (SSSR count). The monoisotopic (exact) mass is 380 g/mol. The number of rotatable bonds is 10. The van der Waals surface area contributed by atoms with Gasteiger partial charge in [0.15, 0.2) is 5.96 Å². The summed E-state index contributed by atoms with van der Waals surface area (Å²) in [7, 11) is 1.73. The number of ether oxygens (including phenoxy) is 2. The molecule has 1 aliphatic rings. The van der Waals surface area contributed by atoms with E-state index in [1.54, 1.807) is 13.1 Å². The minimum absolute atomic E-state index is 0.186. The predicted octanol–water partition coefficient (Wildman–Crippen LogP) is 2.53. The number of guanidine groups is 1. The number of nitrogens with one attached hydrogen (secondary N) is 2. The van der Waals surface area contributed by atoms with Gasteiger partial charge in [0.05, 0.1) is 18.4 Å². The number of hydrogen-bond acceptors (Lipinski definition) is 4. The fourth-order valence-corrected chi connectivity index (χ4v) is 3.06. The molecule has 27 heavy (non-hydrogen) atoms. The van der Waals surface area contributed by atoms with Crippen molar-refractivity contribution in [2.45, 2.75) is 39.3 Å². The minimum atomic E-state index is -0.186. The molecule has 1 saturated heterocycles. The van der Waals surface area contributed by atoms with Crippen molar-refractivity contribution in [3.8, 4) is 0 Å². The summed E-state index contributed by atoms with van der Waals surface area (Å²) < 4.78 is 25.4. The van der Waals surface area contributed by atoms with Crippen LogP contribution < -0.4 is 15.5 Å². The summed E-state index contributed by atoms with van der Waals surface area (Å²) in [5.41, 5.74) is 1.54. The minimum Gasteiger partial charge on any atom is -0.379 e. The Labute approximate surface area is 162 Å². The number of anilines is 1. The fourth-order valence-electron chi connectivity index (χ4n) is 3.06. The van der Waals surface area contributed by atoms with Crippen molar-refractivity contribution < 1.29 is 13.9 Å². The van der Waals surface area contributed by atoms with Crippen molar-refractivity contribution in [1.82, 2.24) is 10.6 Å². The van der Waals surface area contributed by atoms with Crippen LogP contribution in [0.3, 0.4) is 0 Å². The predicted molar refractivity (Wildman–Crippen MR) is 108 cm³/mol. The maximum Gasteiger partial charge on any atom is 0.191 e. The molecule has 0 spiro atoms. The third kappa shape index (κ3) is 6.99. The molecule has 0 aliphatic carbocycles. The Morgan fingerprint density at radius 3 is 2.78 bits per heavy atom. The summed E-state index contributed by atoms with van der Waals surface area (Å²) in [6, 6.07) is 5.39. The molecule has 6 nitrogen and oxygen atoms in total. The van der Waals surface area contributed by atoms with Crippen molar-refractivity contribution in [1.29, 1.82) is 0 Å². The Hall–Kier alpha value is -1.86. The molecule has 1 unspecified atom stereocenters. The van der Waals surface area contributed by atoms with Gasteiger partial charge in [0.1, 0.15) is 5.82 Å². The lowest BCUT2D eigenvalue weighted by molar-refractivity contribution is 0.0420. The third-order valence-electron chi connectivity index (χ3n) is 4.65. The normalized spacial score (nSPS) is 17.2. The first-order chi connectivity index (χ1) is 13.2. The zero-order chi connectivity index (χ0) is 19.5. The molecule has 152 valence electrons. The second kappa shape index (κ2) is 11.8. The van der Waals surface area contributed by atoms with E-state index < -0.39 is 0 Å². The van der Waals surface area contributed by atoms with Gasteiger partial charge in [-0.1, -0.05) is 6.07 Å². The number of aliphatic imine (C=N–C) groups is 1. The number of halogens is 1. The fraction of sp³-hybridized carbons (Fsp3) is 0.650. The maximum absolute atomic E-state index is 14.4. The van der Waals surface area contributed by atoms with Crippen molar-refractivity contribution in [2.24, 2.45) is 4.99 Å². The molecule has 0 bridgehead atoms. The van der Waals surface area contributed by atoms with Crippen LogP contribution in [-0.4, -0.2) is 58.6 Å². The summed E-state index contributed by atoms with van der Waals surface area (Å²) in [6.45, 7) is 9.14. The summed E-state index contributed by atoms with van der Waals surface area (Å²) in [5.74, 6) is 0.515.